The summed E-state index contributed by atoms with van der Waals surface area (Å²) in [5.41, 5.74) is 1.02. The first-order valence-corrected chi connectivity index (χ1v) is 9.44. The Morgan fingerprint density at radius 2 is 1.84 bits per heavy atom. The number of halogens is 2. The van der Waals surface area contributed by atoms with Crippen molar-refractivity contribution >= 4 is 17.5 Å². The van der Waals surface area contributed by atoms with Crippen LogP contribution in [-0.4, -0.2) is 48.0 Å². The minimum Gasteiger partial charge on any atom is -0.368 e. The highest BCUT2D eigenvalue weighted by Crippen LogP contribution is 2.28. The number of hydrogen-bond donors (Lipinski definition) is 4. The van der Waals surface area contributed by atoms with Crippen molar-refractivity contribution in [1.29, 1.82) is 0 Å². The largest absolute Gasteiger partial charge is 0.368 e. The number of imidazole rings is 1. The van der Waals surface area contributed by atoms with Crippen LogP contribution in [0.5, 0.6) is 0 Å². The summed E-state index contributed by atoms with van der Waals surface area (Å²) in [4.78, 5) is 16.7. The predicted octanol–water partition coefficient (Wildman–Crippen LogP) is 3.11. The molecule has 0 saturated heterocycles. The van der Waals surface area contributed by atoms with Gasteiger partial charge in [0.05, 0.1) is 24.4 Å². The Hall–Kier alpha value is -4.16. The summed E-state index contributed by atoms with van der Waals surface area (Å²) in [6.45, 7) is 0.854. The van der Waals surface area contributed by atoms with Gasteiger partial charge >= 0.3 is 0 Å². The van der Waals surface area contributed by atoms with Gasteiger partial charge < -0.3 is 15.2 Å². The van der Waals surface area contributed by atoms with Crippen molar-refractivity contribution in [3.05, 3.63) is 73.1 Å². The molecule has 4 N–H and O–H groups in total. The Morgan fingerprint density at radius 3 is 2.53 bits per heavy atom. The van der Waals surface area contributed by atoms with E-state index in [9.17, 15) is 8.78 Å². The smallest absolute Gasteiger partial charge is 0.223 e. The van der Waals surface area contributed by atoms with Crippen molar-refractivity contribution < 1.29 is 19.2 Å². The van der Waals surface area contributed by atoms with E-state index < -0.39 is 11.6 Å². The van der Waals surface area contributed by atoms with Crippen LogP contribution in [-0.2, 0) is 0 Å². The first-order chi connectivity index (χ1) is 15.5. The molecule has 0 radical (unpaired) electrons. The molecule has 10 nitrogen and oxygen atoms in total. The van der Waals surface area contributed by atoms with Crippen LogP contribution in [0.2, 0.25) is 0 Å². The van der Waals surface area contributed by atoms with Crippen molar-refractivity contribution in [3.8, 4) is 16.9 Å². The number of benzene rings is 1. The lowest BCUT2D eigenvalue weighted by Gasteiger charge is -2.13. The van der Waals surface area contributed by atoms with Gasteiger partial charge in [-0.05, 0) is 24.3 Å². The molecule has 3 heterocycles. The second-order valence-corrected chi connectivity index (χ2v) is 6.57. The zero-order chi connectivity index (χ0) is 22.5. The van der Waals surface area contributed by atoms with E-state index in [1.165, 1.54) is 36.9 Å². The fourth-order valence-electron chi connectivity index (χ4n) is 2.90. The number of nitrogens with one attached hydrogen (secondary N) is 2. The number of pyridine rings is 1. The average molecular weight is 440 g/mol. The summed E-state index contributed by atoms with van der Waals surface area (Å²) in [7, 11) is 0. The molecule has 0 fully saturated rings. The average Bonchev–Trinajstić information content (AvgIpc) is 3.32. The van der Waals surface area contributed by atoms with Gasteiger partial charge in [-0.25, -0.2) is 28.7 Å². The van der Waals surface area contributed by atoms with Gasteiger partial charge in [-0.15, -0.1) is 5.23 Å². The summed E-state index contributed by atoms with van der Waals surface area (Å²) < 4.78 is 29.5. The monoisotopic (exact) mass is 440 g/mol. The third-order valence-corrected chi connectivity index (χ3v) is 4.43. The van der Waals surface area contributed by atoms with E-state index >= 15 is 0 Å². The van der Waals surface area contributed by atoms with E-state index in [0.717, 1.165) is 6.07 Å². The van der Waals surface area contributed by atoms with Crippen LogP contribution in [0.15, 0.2) is 61.4 Å². The molecule has 4 rings (SSSR count). The standard InChI is InChI=1S/C20H18F2N8O2/c21-13-1-3-15(16(22)9-13)19-17(29-8-7-23-12-29)11-27-20(28-19)25-6-5-24-18-4-2-14(10-26-18)30(31)32/h1-4,7-12,31-32H,5-6H2,(H,24,26)(H,25,27,28). The number of anilines is 3. The minimum absolute atomic E-state index is 0.0231. The highest BCUT2D eigenvalue weighted by atomic mass is 19.1. The van der Waals surface area contributed by atoms with E-state index in [4.69, 9.17) is 10.4 Å². The molecule has 4 aromatic rings. The van der Waals surface area contributed by atoms with Crippen molar-refractivity contribution in [2.45, 2.75) is 0 Å². The molecule has 0 spiro atoms. The van der Waals surface area contributed by atoms with Gasteiger partial charge in [-0.3, -0.25) is 10.4 Å². The van der Waals surface area contributed by atoms with Crippen molar-refractivity contribution in [1.82, 2.24) is 24.5 Å². The Labute approximate surface area is 180 Å². The van der Waals surface area contributed by atoms with Gasteiger partial charge in [0, 0.05) is 37.1 Å². The second-order valence-electron chi connectivity index (χ2n) is 6.57. The van der Waals surface area contributed by atoms with E-state index in [2.05, 4.69) is 30.6 Å². The molecule has 164 valence electrons. The van der Waals surface area contributed by atoms with Crippen LogP contribution in [0, 0.1) is 11.6 Å². The zero-order valence-corrected chi connectivity index (χ0v) is 16.5. The summed E-state index contributed by atoms with van der Waals surface area (Å²) in [6, 6.07) is 6.36. The van der Waals surface area contributed by atoms with Gasteiger partial charge in [0.15, 0.2) is 0 Å². The number of nitrogens with zero attached hydrogens (tertiary/aromatic N) is 6. The zero-order valence-electron chi connectivity index (χ0n) is 16.5. The van der Waals surface area contributed by atoms with Crippen LogP contribution in [0.1, 0.15) is 0 Å². The topological polar surface area (TPSA) is 124 Å². The molecule has 0 aliphatic carbocycles. The van der Waals surface area contributed by atoms with Gasteiger partial charge in [0.25, 0.3) is 0 Å². The maximum atomic E-state index is 14.5. The molecular formula is C20H18F2N8O2. The fraction of sp³-hybridized carbons (Fsp3) is 0.100. The SMILES string of the molecule is ON(O)c1ccc(NCCNc2ncc(-n3ccnc3)c(-c3ccc(F)cc3F)n2)nc1. The van der Waals surface area contributed by atoms with Crippen LogP contribution in [0.3, 0.4) is 0 Å². The van der Waals surface area contributed by atoms with Crippen LogP contribution in [0.4, 0.5) is 26.2 Å². The molecule has 32 heavy (non-hydrogen) atoms. The summed E-state index contributed by atoms with van der Waals surface area (Å²) in [6.07, 6.45) is 7.59. The Morgan fingerprint density at radius 1 is 1.00 bits per heavy atom. The van der Waals surface area contributed by atoms with Crippen molar-refractivity contribution in [2.24, 2.45) is 0 Å². The quantitative estimate of drug-likeness (QED) is 0.242. The maximum absolute atomic E-state index is 14.5. The van der Waals surface area contributed by atoms with Gasteiger partial charge in [-0.1, -0.05) is 0 Å². The van der Waals surface area contributed by atoms with E-state index in [-0.39, 0.29) is 28.1 Å². The molecule has 0 bridgehead atoms. The number of hydrogen-bond acceptors (Lipinski definition) is 9. The van der Waals surface area contributed by atoms with Crippen LogP contribution >= 0.6 is 0 Å². The molecule has 0 atom stereocenters. The van der Waals surface area contributed by atoms with Gasteiger partial charge in [0.1, 0.15) is 28.8 Å². The molecule has 12 heteroatoms. The van der Waals surface area contributed by atoms with E-state index in [0.29, 0.717) is 24.6 Å². The van der Waals surface area contributed by atoms with E-state index in [1.54, 1.807) is 23.0 Å². The van der Waals surface area contributed by atoms with Crippen LogP contribution < -0.4 is 15.9 Å². The minimum atomic E-state index is -0.739. The van der Waals surface area contributed by atoms with Gasteiger partial charge in [0.2, 0.25) is 5.95 Å². The fourth-order valence-corrected chi connectivity index (χ4v) is 2.90. The second kappa shape index (κ2) is 9.32. The Bertz CT molecular complexity index is 1190. The molecular weight excluding hydrogens is 422 g/mol. The first-order valence-electron chi connectivity index (χ1n) is 9.44. The van der Waals surface area contributed by atoms with Crippen molar-refractivity contribution in [2.75, 3.05) is 28.9 Å². The predicted molar refractivity (Wildman–Crippen MR) is 112 cm³/mol. The van der Waals surface area contributed by atoms with Crippen molar-refractivity contribution in [3.63, 3.8) is 0 Å². The summed E-state index contributed by atoms with van der Waals surface area (Å²) in [5, 5.41) is 23.9. The van der Waals surface area contributed by atoms with E-state index in [1.807, 2.05) is 0 Å². The Kier molecular flexibility index (Phi) is 6.14. The first kappa shape index (κ1) is 21.1. The number of aromatic nitrogens is 5. The summed E-state index contributed by atoms with van der Waals surface area (Å²) in [5.74, 6) is -0.630. The van der Waals surface area contributed by atoms with Gasteiger partial charge in [-0.2, -0.15) is 0 Å². The lowest BCUT2D eigenvalue weighted by Crippen LogP contribution is -2.16. The third-order valence-electron chi connectivity index (χ3n) is 4.43. The number of rotatable bonds is 8. The summed E-state index contributed by atoms with van der Waals surface area (Å²) >= 11 is 0. The highest BCUT2D eigenvalue weighted by molar-refractivity contribution is 5.70. The molecule has 0 aliphatic rings. The normalized spacial score (nSPS) is 10.8. The lowest BCUT2D eigenvalue weighted by molar-refractivity contribution is 0.0290. The highest BCUT2D eigenvalue weighted by Gasteiger charge is 2.15. The molecule has 0 unspecified atom stereocenters. The molecule has 0 saturated carbocycles. The lowest BCUT2D eigenvalue weighted by atomic mass is 10.1. The Balaban J connectivity index is 1.48. The molecule has 0 aliphatic heterocycles. The maximum Gasteiger partial charge on any atom is 0.223 e. The third kappa shape index (κ3) is 4.77. The molecule has 1 aromatic carbocycles. The van der Waals surface area contributed by atoms with Crippen LogP contribution in [0.25, 0.3) is 16.9 Å². The molecule has 0 amide bonds. The molecule has 3 aromatic heterocycles.